The van der Waals surface area contributed by atoms with Crippen LogP contribution in [-0.4, -0.2) is 19.6 Å². The number of para-hydroxylation sites is 1. The van der Waals surface area contributed by atoms with Crippen molar-refractivity contribution in [2.24, 2.45) is 7.05 Å². The van der Waals surface area contributed by atoms with Crippen LogP contribution in [0.3, 0.4) is 0 Å². The molecule has 0 saturated carbocycles. The summed E-state index contributed by atoms with van der Waals surface area (Å²) in [6.07, 6.45) is 1.65. The number of amides is 1. The maximum absolute atomic E-state index is 13.4. The number of rotatable bonds is 4. The number of hydrogen-bond acceptors (Lipinski definition) is 5. The Morgan fingerprint density at radius 3 is 2.41 bits per heavy atom. The number of thiocarbonyl (C=S) groups is 1. The maximum atomic E-state index is 13.4. The van der Waals surface area contributed by atoms with Gasteiger partial charge in [0.2, 0.25) is 0 Å². The lowest BCUT2D eigenvalue weighted by molar-refractivity contribution is -0.113. The van der Waals surface area contributed by atoms with Crippen LogP contribution in [0.15, 0.2) is 80.8 Å². The number of carbonyl (C=O) groups excluding carboxylic acids is 1. The third-order valence-electron chi connectivity index (χ3n) is 5.57. The first-order valence-electron chi connectivity index (χ1n) is 10.3. The SMILES string of the molecule is Cc1c(N2C(=O)C(=Cc3ccc(-c4ccc(Cl)cc4)o3)SC2=S)c(=O)n(-c2ccccc2)n1C. The van der Waals surface area contributed by atoms with E-state index >= 15 is 0 Å². The van der Waals surface area contributed by atoms with E-state index in [1.54, 1.807) is 42.9 Å². The third-order valence-corrected chi connectivity index (χ3v) is 7.12. The number of anilines is 1. The molecular formula is C25H18ClN3O3S2. The molecule has 0 unspecified atom stereocenters. The van der Waals surface area contributed by atoms with Crippen molar-refractivity contribution in [3.05, 3.63) is 98.5 Å². The minimum absolute atomic E-state index is 0.249. The summed E-state index contributed by atoms with van der Waals surface area (Å²) in [7, 11) is 1.78. The maximum Gasteiger partial charge on any atom is 0.296 e. The fraction of sp³-hybridized carbons (Fsp3) is 0.0800. The molecule has 1 aliphatic heterocycles. The van der Waals surface area contributed by atoms with Gasteiger partial charge in [0, 0.05) is 23.7 Å². The summed E-state index contributed by atoms with van der Waals surface area (Å²) >= 11 is 12.6. The van der Waals surface area contributed by atoms with Gasteiger partial charge in [0.1, 0.15) is 17.2 Å². The van der Waals surface area contributed by atoms with Crippen LogP contribution in [0.4, 0.5) is 5.69 Å². The van der Waals surface area contributed by atoms with Gasteiger partial charge in [-0.15, -0.1) is 0 Å². The molecule has 6 nitrogen and oxygen atoms in total. The Bertz CT molecular complexity index is 1520. The van der Waals surface area contributed by atoms with Gasteiger partial charge in [-0.25, -0.2) is 4.68 Å². The number of benzene rings is 2. The molecule has 1 amide bonds. The molecule has 2 aromatic carbocycles. The van der Waals surface area contributed by atoms with E-state index in [0.717, 1.165) is 17.3 Å². The minimum atomic E-state index is -0.356. The van der Waals surface area contributed by atoms with Crippen molar-refractivity contribution in [3.8, 4) is 17.0 Å². The van der Waals surface area contributed by atoms with Gasteiger partial charge in [0.15, 0.2) is 4.32 Å². The molecule has 5 rings (SSSR count). The molecular weight excluding hydrogens is 490 g/mol. The number of aromatic nitrogens is 2. The largest absolute Gasteiger partial charge is 0.457 e. The number of hydrogen-bond donors (Lipinski definition) is 0. The Kier molecular flexibility index (Phi) is 5.81. The van der Waals surface area contributed by atoms with Gasteiger partial charge in [-0.2, -0.15) is 0 Å². The second-order valence-electron chi connectivity index (χ2n) is 7.64. The second kappa shape index (κ2) is 8.79. The molecule has 0 bridgehead atoms. The van der Waals surface area contributed by atoms with Crippen molar-refractivity contribution in [3.63, 3.8) is 0 Å². The molecule has 1 fully saturated rings. The van der Waals surface area contributed by atoms with Gasteiger partial charge >= 0.3 is 0 Å². The van der Waals surface area contributed by atoms with Crippen LogP contribution < -0.4 is 10.5 Å². The predicted octanol–water partition coefficient (Wildman–Crippen LogP) is 5.80. The fourth-order valence-electron chi connectivity index (χ4n) is 3.80. The van der Waals surface area contributed by atoms with Crippen molar-refractivity contribution in [1.82, 2.24) is 9.36 Å². The van der Waals surface area contributed by atoms with Crippen LogP contribution in [0.5, 0.6) is 0 Å². The zero-order valence-corrected chi connectivity index (χ0v) is 20.6. The first-order chi connectivity index (χ1) is 16.3. The predicted molar refractivity (Wildman–Crippen MR) is 141 cm³/mol. The van der Waals surface area contributed by atoms with E-state index in [2.05, 4.69) is 0 Å². The second-order valence-corrected chi connectivity index (χ2v) is 9.75. The van der Waals surface area contributed by atoms with Crippen LogP contribution in [-0.2, 0) is 11.8 Å². The minimum Gasteiger partial charge on any atom is -0.457 e. The average molecular weight is 508 g/mol. The van der Waals surface area contributed by atoms with Crippen LogP contribution in [0, 0.1) is 6.92 Å². The number of halogens is 1. The van der Waals surface area contributed by atoms with Crippen LogP contribution in [0.25, 0.3) is 23.1 Å². The van der Waals surface area contributed by atoms with E-state index in [4.69, 9.17) is 28.2 Å². The summed E-state index contributed by atoms with van der Waals surface area (Å²) < 4.78 is 9.45. The molecule has 170 valence electrons. The quantitative estimate of drug-likeness (QED) is 0.258. The lowest BCUT2D eigenvalue weighted by Crippen LogP contribution is -2.33. The lowest BCUT2D eigenvalue weighted by atomic mass is 10.2. The summed E-state index contributed by atoms with van der Waals surface area (Å²) in [6.45, 7) is 1.80. The van der Waals surface area contributed by atoms with E-state index in [1.807, 2.05) is 48.5 Å². The van der Waals surface area contributed by atoms with Gasteiger partial charge in [0.05, 0.1) is 16.3 Å². The van der Waals surface area contributed by atoms with E-state index in [9.17, 15) is 9.59 Å². The molecule has 9 heteroatoms. The monoisotopic (exact) mass is 507 g/mol. The average Bonchev–Trinajstić information content (AvgIpc) is 3.46. The molecule has 0 N–H and O–H groups in total. The van der Waals surface area contributed by atoms with Gasteiger partial charge < -0.3 is 4.42 Å². The highest BCUT2D eigenvalue weighted by Gasteiger charge is 2.38. The van der Waals surface area contributed by atoms with Gasteiger partial charge in [-0.1, -0.05) is 53.8 Å². The molecule has 1 saturated heterocycles. The number of nitrogens with zero attached hydrogens (tertiary/aromatic N) is 3. The Morgan fingerprint density at radius 2 is 1.71 bits per heavy atom. The Hall–Kier alpha value is -3.33. The Balaban J connectivity index is 1.49. The molecule has 3 heterocycles. The lowest BCUT2D eigenvalue weighted by Gasteiger charge is -2.12. The van der Waals surface area contributed by atoms with Crippen molar-refractivity contribution in [1.29, 1.82) is 0 Å². The van der Waals surface area contributed by atoms with Crippen molar-refractivity contribution in [2.45, 2.75) is 6.92 Å². The highest BCUT2D eigenvalue weighted by molar-refractivity contribution is 8.27. The summed E-state index contributed by atoms with van der Waals surface area (Å²) in [5.74, 6) is 0.811. The zero-order valence-electron chi connectivity index (χ0n) is 18.2. The Morgan fingerprint density at radius 1 is 1.00 bits per heavy atom. The molecule has 0 aliphatic carbocycles. The summed E-state index contributed by atoms with van der Waals surface area (Å²) in [5.41, 5.74) is 2.15. The molecule has 34 heavy (non-hydrogen) atoms. The normalized spacial score (nSPS) is 15.0. The molecule has 2 aromatic heterocycles. The zero-order chi connectivity index (χ0) is 24.0. The number of thioether (sulfide) groups is 1. The first kappa shape index (κ1) is 22.5. The third kappa shape index (κ3) is 3.83. The van der Waals surface area contributed by atoms with Crippen molar-refractivity contribution >= 4 is 57.6 Å². The summed E-state index contributed by atoms with van der Waals surface area (Å²) in [6, 6.07) is 20.2. The summed E-state index contributed by atoms with van der Waals surface area (Å²) in [4.78, 5) is 28.4. The first-order valence-corrected chi connectivity index (χ1v) is 11.9. The van der Waals surface area contributed by atoms with Crippen molar-refractivity contribution in [2.75, 3.05) is 4.90 Å². The molecule has 1 aliphatic rings. The molecule has 4 aromatic rings. The van der Waals surface area contributed by atoms with Gasteiger partial charge in [0.25, 0.3) is 11.5 Å². The van der Waals surface area contributed by atoms with Crippen LogP contribution >= 0.6 is 35.6 Å². The summed E-state index contributed by atoms with van der Waals surface area (Å²) in [5, 5.41) is 0.640. The van der Waals surface area contributed by atoms with Gasteiger partial charge in [-0.3, -0.25) is 19.2 Å². The molecule has 0 atom stereocenters. The number of furan rings is 1. The standard InChI is InChI=1S/C25H18ClN3O3S2/c1-15-22(24(31)29(27(15)2)18-6-4-3-5-7-18)28-23(30)21(34-25(28)33)14-19-12-13-20(32-19)16-8-10-17(26)11-9-16/h3-14H,1-2H3. The van der Waals surface area contributed by atoms with Crippen LogP contribution in [0.2, 0.25) is 5.02 Å². The highest BCUT2D eigenvalue weighted by atomic mass is 35.5. The fourth-order valence-corrected chi connectivity index (χ4v) is 5.18. The van der Waals surface area contributed by atoms with E-state index in [0.29, 0.717) is 37.2 Å². The number of carbonyl (C=O) groups is 1. The van der Waals surface area contributed by atoms with E-state index < -0.39 is 0 Å². The van der Waals surface area contributed by atoms with E-state index in [1.165, 1.54) is 9.58 Å². The topological polar surface area (TPSA) is 60.4 Å². The smallest absolute Gasteiger partial charge is 0.296 e. The van der Waals surface area contributed by atoms with Gasteiger partial charge in [-0.05, 0) is 55.5 Å². The van der Waals surface area contributed by atoms with E-state index in [-0.39, 0.29) is 17.2 Å². The van der Waals surface area contributed by atoms with Crippen LogP contribution in [0.1, 0.15) is 11.5 Å². The molecule has 0 spiro atoms. The van der Waals surface area contributed by atoms with Crippen molar-refractivity contribution < 1.29 is 9.21 Å². The molecule has 0 radical (unpaired) electrons. The Labute approximate surface area is 210 Å². The highest BCUT2D eigenvalue weighted by Crippen LogP contribution is 2.37.